The first-order valence-corrected chi connectivity index (χ1v) is 17.3. The number of piperazine rings is 1. The van der Waals surface area contributed by atoms with Gasteiger partial charge >= 0.3 is 5.69 Å². The van der Waals surface area contributed by atoms with Crippen molar-refractivity contribution in [3.05, 3.63) is 114 Å². The fourth-order valence-electron chi connectivity index (χ4n) is 6.29. The molecule has 244 valence electrons. The summed E-state index contributed by atoms with van der Waals surface area (Å²) in [5, 5.41) is 16.9. The summed E-state index contributed by atoms with van der Waals surface area (Å²) >= 11 is 1.89. The molecule has 12 heteroatoms. The topological polar surface area (TPSA) is 98.3 Å². The molecule has 0 saturated carbocycles. The molecule has 1 unspecified atom stereocenters. The molecular formula is C35H41N9O2S. The van der Waals surface area contributed by atoms with Crippen molar-refractivity contribution in [3.8, 4) is 11.4 Å². The van der Waals surface area contributed by atoms with Gasteiger partial charge in [0.15, 0.2) is 0 Å². The van der Waals surface area contributed by atoms with E-state index in [0.29, 0.717) is 13.2 Å². The van der Waals surface area contributed by atoms with Crippen molar-refractivity contribution in [3.63, 3.8) is 0 Å². The zero-order chi connectivity index (χ0) is 32.2. The largest absolute Gasteiger partial charge is 0.492 e. The molecule has 3 atom stereocenters. The number of ether oxygens (including phenoxy) is 1. The van der Waals surface area contributed by atoms with E-state index in [4.69, 9.17) is 4.74 Å². The van der Waals surface area contributed by atoms with Crippen LogP contribution in [0.4, 0.5) is 11.4 Å². The minimum Gasteiger partial charge on any atom is -0.492 e. The van der Waals surface area contributed by atoms with Gasteiger partial charge in [0.2, 0.25) is 0 Å². The molecular weight excluding hydrogens is 611 g/mol. The van der Waals surface area contributed by atoms with Gasteiger partial charge < -0.3 is 14.5 Å². The molecule has 0 radical (unpaired) electrons. The number of benzene rings is 3. The second kappa shape index (κ2) is 13.7. The number of anilines is 2. The van der Waals surface area contributed by atoms with Crippen molar-refractivity contribution in [2.24, 2.45) is 0 Å². The van der Waals surface area contributed by atoms with Crippen LogP contribution in [0.15, 0.2) is 102 Å². The summed E-state index contributed by atoms with van der Waals surface area (Å²) in [5.41, 5.74) is 4.31. The van der Waals surface area contributed by atoms with Gasteiger partial charge in [-0.1, -0.05) is 37.3 Å². The molecule has 11 nitrogen and oxygen atoms in total. The molecule has 0 aliphatic carbocycles. The van der Waals surface area contributed by atoms with Crippen molar-refractivity contribution >= 4 is 23.1 Å². The predicted octanol–water partition coefficient (Wildman–Crippen LogP) is 4.56. The molecule has 0 amide bonds. The van der Waals surface area contributed by atoms with Crippen molar-refractivity contribution in [1.29, 1.82) is 0 Å². The highest BCUT2D eigenvalue weighted by Crippen LogP contribution is 2.41. The van der Waals surface area contributed by atoms with Gasteiger partial charge in [0, 0.05) is 43.3 Å². The van der Waals surface area contributed by atoms with Crippen LogP contribution in [0.5, 0.6) is 5.75 Å². The number of hydrogen-bond acceptors (Lipinski definition) is 9. The monoisotopic (exact) mass is 651 g/mol. The molecule has 4 heterocycles. The third kappa shape index (κ3) is 6.66. The molecule has 47 heavy (non-hydrogen) atoms. The van der Waals surface area contributed by atoms with Crippen LogP contribution in [-0.4, -0.2) is 73.9 Å². The number of nitrogens with zero attached hydrogens (tertiary/aromatic N) is 8. The summed E-state index contributed by atoms with van der Waals surface area (Å²) in [6, 6.07) is 27.5. The third-order valence-electron chi connectivity index (χ3n) is 9.17. The van der Waals surface area contributed by atoms with E-state index in [-0.39, 0.29) is 22.6 Å². The van der Waals surface area contributed by atoms with Crippen LogP contribution in [-0.2, 0) is 11.4 Å². The first-order valence-electron chi connectivity index (χ1n) is 16.3. The van der Waals surface area contributed by atoms with E-state index in [1.807, 2.05) is 36.9 Å². The van der Waals surface area contributed by atoms with E-state index in [2.05, 4.69) is 98.0 Å². The average molecular weight is 652 g/mol. The third-order valence-corrected chi connectivity index (χ3v) is 10.7. The molecule has 7 rings (SSSR count). The van der Waals surface area contributed by atoms with E-state index < -0.39 is 0 Å². The van der Waals surface area contributed by atoms with Gasteiger partial charge in [-0.2, -0.15) is 20.1 Å². The Kier molecular flexibility index (Phi) is 9.03. The summed E-state index contributed by atoms with van der Waals surface area (Å²) in [7, 11) is 0. The summed E-state index contributed by atoms with van der Waals surface area (Å²) < 4.78 is 9.44. The lowest BCUT2D eigenvalue weighted by Gasteiger charge is -2.37. The van der Waals surface area contributed by atoms with E-state index in [1.165, 1.54) is 11.3 Å². The summed E-state index contributed by atoms with van der Waals surface area (Å²) in [4.78, 5) is 19.1. The van der Waals surface area contributed by atoms with Crippen molar-refractivity contribution in [1.82, 2.24) is 34.7 Å². The Hall–Kier alpha value is -4.55. The number of hydrogen-bond donors (Lipinski definition) is 1. The zero-order valence-corrected chi connectivity index (χ0v) is 27.7. The van der Waals surface area contributed by atoms with Crippen molar-refractivity contribution < 1.29 is 4.74 Å². The normalized spacial score (nSPS) is 20.4. The van der Waals surface area contributed by atoms with Gasteiger partial charge in [-0.05, 0) is 67.4 Å². The lowest BCUT2D eigenvalue weighted by Crippen LogP contribution is -2.46. The van der Waals surface area contributed by atoms with E-state index >= 15 is 0 Å². The van der Waals surface area contributed by atoms with Gasteiger partial charge in [-0.15, -0.1) is 11.8 Å². The van der Waals surface area contributed by atoms with Gasteiger partial charge in [0.1, 0.15) is 23.6 Å². The standard InChI is InChI=1S/C35H41N9O2S/c1-3-27(2)44-34(45)42(26-38-44)32-11-9-30(10-12-32)40-19-21-41(22-20-40)31-13-15-33(16-14-31)46-23-29-24-47-35(39-29,25-43-36-17-18-37-43)28-7-5-4-6-8-28/h4-18,26-27,29,39H,3,19-25H2,1-2H3/t27?,29-,35+/m0/s1. The minimum absolute atomic E-state index is 0.0784. The Morgan fingerprint density at radius 1 is 0.872 bits per heavy atom. The molecule has 5 aromatic rings. The van der Waals surface area contributed by atoms with E-state index in [0.717, 1.165) is 55.5 Å². The van der Waals surface area contributed by atoms with Crippen LogP contribution in [0.3, 0.4) is 0 Å². The summed E-state index contributed by atoms with van der Waals surface area (Å²) in [6.07, 6.45) is 5.92. The molecule has 2 saturated heterocycles. The Balaban J connectivity index is 0.913. The Morgan fingerprint density at radius 2 is 1.49 bits per heavy atom. The van der Waals surface area contributed by atoms with Gasteiger partial charge in [0.25, 0.3) is 0 Å². The summed E-state index contributed by atoms with van der Waals surface area (Å²) in [5.74, 6) is 1.81. The highest BCUT2D eigenvalue weighted by atomic mass is 32.2. The van der Waals surface area contributed by atoms with Gasteiger partial charge in [-0.25, -0.2) is 14.0 Å². The quantitative estimate of drug-likeness (QED) is 0.221. The molecule has 2 fully saturated rings. The molecule has 0 bridgehead atoms. The van der Waals surface area contributed by atoms with Gasteiger partial charge in [-0.3, -0.25) is 5.32 Å². The Bertz CT molecular complexity index is 1780. The lowest BCUT2D eigenvalue weighted by molar-refractivity contribution is 0.254. The van der Waals surface area contributed by atoms with Crippen LogP contribution in [0.2, 0.25) is 0 Å². The van der Waals surface area contributed by atoms with Crippen molar-refractivity contribution in [2.75, 3.05) is 48.3 Å². The number of thioether (sulfide) groups is 1. The fourth-order valence-corrected chi connectivity index (χ4v) is 7.72. The second-order valence-electron chi connectivity index (χ2n) is 12.2. The Morgan fingerprint density at radius 3 is 2.13 bits per heavy atom. The number of nitrogens with one attached hydrogen (secondary N) is 1. The second-order valence-corrected chi connectivity index (χ2v) is 13.5. The average Bonchev–Trinajstić information content (AvgIpc) is 3.89. The maximum absolute atomic E-state index is 12.8. The first kappa shape index (κ1) is 31.1. The van der Waals surface area contributed by atoms with Crippen LogP contribution >= 0.6 is 11.8 Å². The molecule has 3 aromatic carbocycles. The molecule has 0 spiro atoms. The van der Waals surface area contributed by atoms with Crippen molar-refractivity contribution in [2.45, 2.75) is 43.8 Å². The number of rotatable bonds is 11. The van der Waals surface area contributed by atoms with Crippen LogP contribution in [0, 0.1) is 0 Å². The molecule has 2 aliphatic rings. The molecule has 2 aromatic heterocycles. The number of aromatic nitrogens is 6. The molecule has 2 aliphatic heterocycles. The fraction of sp³-hybridized carbons (Fsp3) is 0.371. The van der Waals surface area contributed by atoms with Crippen LogP contribution < -0.4 is 25.5 Å². The van der Waals surface area contributed by atoms with E-state index in [1.54, 1.807) is 32.8 Å². The Labute approximate surface area is 279 Å². The smallest absolute Gasteiger partial charge is 0.350 e. The van der Waals surface area contributed by atoms with Crippen LogP contribution in [0.25, 0.3) is 5.69 Å². The molecule has 1 N–H and O–H groups in total. The highest BCUT2D eigenvalue weighted by Gasteiger charge is 2.42. The zero-order valence-electron chi connectivity index (χ0n) is 26.9. The predicted molar refractivity (Wildman–Crippen MR) is 187 cm³/mol. The minimum atomic E-state index is -0.306. The van der Waals surface area contributed by atoms with Crippen LogP contribution in [0.1, 0.15) is 31.9 Å². The maximum atomic E-state index is 12.8. The van der Waals surface area contributed by atoms with Gasteiger partial charge in [0.05, 0.1) is 36.7 Å². The lowest BCUT2D eigenvalue weighted by atomic mass is 10.1. The first-order chi connectivity index (χ1) is 23.0. The maximum Gasteiger partial charge on any atom is 0.350 e. The SMILES string of the molecule is CCC(C)n1ncn(-c2ccc(N3CCN(c4ccc(OC[C@H]5CS[C@](Cn6nccn6)(c6ccccc6)N5)cc4)CC3)cc2)c1=O. The van der Waals surface area contributed by atoms with E-state index in [9.17, 15) is 4.79 Å². The summed E-state index contributed by atoms with van der Waals surface area (Å²) in [6.45, 7) is 9.00. The highest BCUT2D eigenvalue weighted by molar-refractivity contribution is 8.00.